The van der Waals surface area contributed by atoms with Crippen LogP contribution in [-0.2, 0) is 0 Å². The van der Waals surface area contributed by atoms with Crippen LogP contribution in [0.1, 0.15) is 21.6 Å². The van der Waals surface area contributed by atoms with Crippen LogP contribution in [0.3, 0.4) is 0 Å². The van der Waals surface area contributed by atoms with Crippen LogP contribution in [0.5, 0.6) is 0 Å². The number of carbonyl (C=O) groups excluding carboxylic acids is 1. The fourth-order valence-corrected chi connectivity index (χ4v) is 3.58. The fourth-order valence-electron chi connectivity index (χ4n) is 3.58. The molecule has 5 rings (SSSR count). The Morgan fingerprint density at radius 1 is 0.704 bits per heavy atom. The molecule has 4 aromatic rings. The second kappa shape index (κ2) is 5.92. The van der Waals surface area contributed by atoms with Gasteiger partial charge in [0.05, 0.1) is 16.8 Å². The van der Waals surface area contributed by atoms with Gasteiger partial charge in [-0.3, -0.25) is 4.79 Å². The third kappa shape index (κ3) is 2.44. The molecule has 1 aromatic heterocycles. The van der Waals surface area contributed by atoms with Crippen molar-refractivity contribution in [1.82, 2.24) is 4.98 Å². The molecule has 128 valence electrons. The van der Waals surface area contributed by atoms with Gasteiger partial charge in [-0.05, 0) is 29.3 Å². The molecule has 3 nitrogen and oxygen atoms in total. The topological polar surface area (TPSA) is 50.2 Å². The normalized spacial score (nSPS) is 13.3. The van der Waals surface area contributed by atoms with E-state index in [4.69, 9.17) is 0 Å². The van der Waals surface area contributed by atoms with Crippen molar-refractivity contribution in [2.75, 3.05) is 0 Å². The molecule has 0 atom stereocenters. The lowest BCUT2D eigenvalue weighted by Gasteiger charge is -2.07. The average molecular weight is 349 g/mol. The molecule has 27 heavy (non-hydrogen) atoms. The summed E-state index contributed by atoms with van der Waals surface area (Å²) in [5.74, 6) is -0.181. The van der Waals surface area contributed by atoms with Crippen molar-refractivity contribution in [1.29, 1.82) is 0 Å². The van der Waals surface area contributed by atoms with E-state index in [-0.39, 0.29) is 17.1 Å². The Hall–Kier alpha value is -3.72. The lowest BCUT2D eigenvalue weighted by atomic mass is 10.0. The summed E-state index contributed by atoms with van der Waals surface area (Å²) in [6, 6.07) is 27.1. The first kappa shape index (κ1) is 15.5. The molecule has 0 amide bonds. The van der Waals surface area contributed by atoms with Crippen LogP contribution in [0.2, 0.25) is 0 Å². The largest absolute Gasteiger partial charge is 0.506 e. The summed E-state index contributed by atoms with van der Waals surface area (Å²) in [6.45, 7) is 0. The highest BCUT2D eigenvalue weighted by molar-refractivity contribution is 6.38. The van der Waals surface area contributed by atoms with Gasteiger partial charge in [-0.15, -0.1) is 0 Å². The molecule has 1 N–H and O–H groups in total. The van der Waals surface area contributed by atoms with Crippen LogP contribution < -0.4 is 0 Å². The first-order valence-electron chi connectivity index (χ1n) is 8.76. The van der Waals surface area contributed by atoms with E-state index in [9.17, 15) is 9.90 Å². The van der Waals surface area contributed by atoms with Gasteiger partial charge >= 0.3 is 0 Å². The molecule has 3 aromatic carbocycles. The maximum atomic E-state index is 12.7. The summed E-state index contributed by atoms with van der Waals surface area (Å²) in [5.41, 5.74) is 4.90. The number of hydrogen-bond donors (Lipinski definition) is 1. The molecule has 0 unspecified atom stereocenters. The molecule has 0 saturated carbocycles. The number of aromatic nitrogens is 1. The number of nitrogens with zero attached hydrogens (tertiary/aromatic N) is 1. The molecular weight excluding hydrogens is 334 g/mol. The number of rotatable bonds is 2. The van der Waals surface area contributed by atoms with E-state index in [0.29, 0.717) is 16.8 Å². The molecule has 0 radical (unpaired) electrons. The molecule has 0 fully saturated rings. The molecule has 1 heterocycles. The molecular formula is C24H15NO2. The van der Waals surface area contributed by atoms with Crippen molar-refractivity contribution < 1.29 is 9.90 Å². The fraction of sp³-hybridized carbons (Fsp3) is 0. The zero-order chi connectivity index (χ0) is 18.4. The van der Waals surface area contributed by atoms with E-state index in [1.807, 2.05) is 42.5 Å². The minimum atomic E-state index is -0.184. The van der Waals surface area contributed by atoms with Crippen molar-refractivity contribution in [2.24, 2.45) is 0 Å². The molecule has 1 aliphatic rings. The zero-order valence-corrected chi connectivity index (χ0v) is 14.4. The summed E-state index contributed by atoms with van der Waals surface area (Å²) < 4.78 is 0. The minimum absolute atomic E-state index is 0.00311. The minimum Gasteiger partial charge on any atom is -0.506 e. The molecule has 1 aliphatic carbocycles. The zero-order valence-electron chi connectivity index (χ0n) is 14.4. The van der Waals surface area contributed by atoms with Crippen LogP contribution in [0.15, 0.2) is 84.9 Å². The Balaban J connectivity index is 1.60. The highest BCUT2D eigenvalue weighted by Gasteiger charge is 2.31. The number of pyridine rings is 1. The van der Waals surface area contributed by atoms with Crippen molar-refractivity contribution in [3.05, 3.63) is 102 Å². The Morgan fingerprint density at radius 2 is 1.44 bits per heavy atom. The Morgan fingerprint density at radius 3 is 2.22 bits per heavy atom. The monoisotopic (exact) mass is 349 g/mol. The van der Waals surface area contributed by atoms with E-state index in [0.717, 1.165) is 22.0 Å². The number of allylic oxidation sites excluding steroid dienone is 1. The number of benzene rings is 3. The highest BCUT2D eigenvalue weighted by atomic mass is 16.3. The van der Waals surface area contributed by atoms with E-state index in [1.165, 1.54) is 0 Å². The van der Waals surface area contributed by atoms with E-state index >= 15 is 0 Å². The SMILES string of the molecule is O=C1C(c2ccc3cc(-c4ccccc4)ccc3n2)=C(O)c2ccccc21. The van der Waals surface area contributed by atoms with E-state index < -0.39 is 0 Å². The van der Waals surface area contributed by atoms with Crippen LogP contribution in [0.4, 0.5) is 0 Å². The van der Waals surface area contributed by atoms with Gasteiger partial charge in [0.15, 0.2) is 5.78 Å². The Bertz CT molecular complexity index is 1240. The predicted octanol–water partition coefficient (Wildman–Crippen LogP) is 5.52. The smallest absolute Gasteiger partial charge is 0.199 e. The van der Waals surface area contributed by atoms with Crippen molar-refractivity contribution in [3.63, 3.8) is 0 Å². The summed E-state index contributed by atoms with van der Waals surface area (Å²) in [6.07, 6.45) is 0. The number of carbonyl (C=O) groups is 1. The Kier molecular flexibility index (Phi) is 3.41. The van der Waals surface area contributed by atoms with Gasteiger partial charge < -0.3 is 5.11 Å². The number of ketones is 1. The summed E-state index contributed by atoms with van der Waals surface area (Å²) in [5, 5.41) is 11.5. The van der Waals surface area contributed by atoms with Crippen molar-refractivity contribution in [2.45, 2.75) is 0 Å². The lowest BCUT2D eigenvalue weighted by molar-refractivity contribution is 0.105. The van der Waals surface area contributed by atoms with Gasteiger partial charge in [0, 0.05) is 16.5 Å². The third-order valence-corrected chi connectivity index (χ3v) is 4.94. The summed E-state index contributed by atoms with van der Waals surface area (Å²) in [4.78, 5) is 17.4. The standard InChI is InChI=1S/C24H15NO2/c26-23-18-8-4-5-9-19(18)24(27)22(23)21-13-11-17-14-16(10-12-20(17)25-21)15-6-2-1-3-7-15/h1-14,26H. The number of aliphatic hydroxyl groups excluding tert-OH is 1. The molecule has 3 heteroatoms. The predicted molar refractivity (Wildman–Crippen MR) is 107 cm³/mol. The van der Waals surface area contributed by atoms with Crippen LogP contribution in [0, 0.1) is 0 Å². The number of Topliss-reactive ketones (excluding diaryl/α,β-unsaturated/α-hetero) is 1. The number of aliphatic hydroxyl groups is 1. The van der Waals surface area contributed by atoms with Gasteiger partial charge in [0.2, 0.25) is 0 Å². The van der Waals surface area contributed by atoms with Gasteiger partial charge in [-0.25, -0.2) is 4.98 Å². The van der Waals surface area contributed by atoms with Crippen molar-refractivity contribution >= 4 is 28.0 Å². The quantitative estimate of drug-likeness (QED) is 0.518. The van der Waals surface area contributed by atoms with Gasteiger partial charge in [0.25, 0.3) is 0 Å². The number of hydrogen-bond acceptors (Lipinski definition) is 3. The number of fused-ring (bicyclic) bond motifs is 2. The maximum absolute atomic E-state index is 12.7. The Labute approximate surface area is 156 Å². The van der Waals surface area contributed by atoms with Crippen LogP contribution in [0.25, 0.3) is 33.4 Å². The average Bonchev–Trinajstić information content (AvgIpc) is 2.98. The molecule has 0 aliphatic heterocycles. The maximum Gasteiger partial charge on any atom is 0.199 e. The first-order chi connectivity index (χ1) is 13.2. The van der Waals surface area contributed by atoms with Crippen molar-refractivity contribution in [3.8, 4) is 11.1 Å². The highest BCUT2D eigenvalue weighted by Crippen LogP contribution is 2.36. The van der Waals surface area contributed by atoms with E-state index in [2.05, 4.69) is 23.2 Å². The second-order valence-corrected chi connectivity index (χ2v) is 6.57. The summed E-state index contributed by atoms with van der Waals surface area (Å²) >= 11 is 0. The lowest BCUT2D eigenvalue weighted by Crippen LogP contribution is -2.00. The van der Waals surface area contributed by atoms with E-state index in [1.54, 1.807) is 24.3 Å². The van der Waals surface area contributed by atoms with Gasteiger partial charge in [-0.1, -0.05) is 66.7 Å². The second-order valence-electron chi connectivity index (χ2n) is 6.57. The first-order valence-corrected chi connectivity index (χ1v) is 8.76. The third-order valence-electron chi connectivity index (χ3n) is 4.94. The van der Waals surface area contributed by atoms with Gasteiger partial charge in [0.1, 0.15) is 5.76 Å². The molecule has 0 bridgehead atoms. The summed E-state index contributed by atoms with van der Waals surface area (Å²) in [7, 11) is 0. The van der Waals surface area contributed by atoms with Crippen LogP contribution in [-0.4, -0.2) is 15.9 Å². The van der Waals surface area contributed by atoms with Crippen LogP contribution >= 0.6 is 0 Å². The van der Waals surface area contributed by atoms with Gasteiger partial charge in [-0.2, -0.15) is 0 Å². The molecule has 0 spiro atoms. The molecule has 0 saturated heterocycles.